The predicted molar refractivity (Wildman–Crippen MR) is 56.9 cm³/mol. The largest absolute Gasteiger partial charge is 0.477 e. The van der Waals surface area contributed by atoms with Gasteiger partial charge in [-0.05, 0) is 24.6 Å². The zero-order chi connectivity index (χ0) is 11.0. The summed E-state index contributed by atoms with van der Waals surface area (Å²) in [5.41, 5.74) is 2.84. The fourth-order valence-electron chi connectivity index (χ4n) is 1.60. The summed E-state index contributed by atoms with van der Waals surface area (Å²) in [6, 6.07) is 3.79. The molecule has 4 heteroatoms. The quantitative estimate of drug-likeness (QED) is 0.786. The van der Waals surface area contributed by atoms with Gasteiger partial charge in [0.25, 0.3) is 0 Å². The van der Waals surface area contributed by atoms with Gasteiger partial charge in [-0.1, -0.05) is 0 Å². The molecule has 15 heavy (non-hydrogen) atoms. The second-order valence-electron chi connectivity index (χ2n) is 3.61. The number of hydrogen-bond donors (Lipinski definition) is 2. The lowest BCUT2D eigenvalue weighted by atomic mass is 10.2. The predicted octanol–water partition coefficient (Wildman–Crippen LogP) is 2.03. The van der Waals surface area contributed by atoms with Gasteiger partial charge in [-0.2, -0.15) is 0 Å². The van der Waals surface area contributed by atoms with Crippen LogP contribution in [0.1, 0.15) is 16.1 Å². The highest BCUT2D eigenvalue weighted by molar-refractivity contribution is 5.88. The second-order valence-corrected chi connectivity index (χ2v) is 3.61. The number of aromatic amines is 1. The van der Waals surface area contributed by atoms with E-state index in [0.717, 1.165) is 16.8 Å². The van der Waals surface area contributed by atoms with Crippen LogP contribution in [0.2, 0.25) is 0 Å². The van der Waals surface area contributed by atoms with Gasteiger partial charge in [0.2, 0.25) is 0 Å². The molecule has 2 aromatic heterocycles. The van der Waals surface area contributed by atoms with Gasteiger partial charge in [0, 0.05) is 30.7 Å². The van der Waals surface area contributed by atoms with Crippen LogP contribution in [0.15, 0.2) is 24.5 Å². The average Bonchev–Trinajstić information content (AvgIpc) is 2.71. The Morgan fingerprint density at radius 1 is 1.53 bits per heavy atom. The third kappa shape index (κ3) is 1.66. The molecule has 0 spiro atoms. The Bertz CT molecular complexity index is 508. The van der Waals surface area contributed by atoms with E-state index in [9.17, 15) is 4.79 Å². The normalized spacial score (nSPS) is 10.5. The van der Waals surface area contributed by atoms with Crippen molar-refractivity contribution in [1.82, 2.24) is 9.55 Å². The zero-order valence-electron chi connectivity index (χ0n) is 8.61. The summed E-state index contributed by atoms with van der Waals surface area (Å²) in [5.74, 6) is -0.922. The summed E-state index contributed by atoms with van der Waals surface area (Å²) in [4.78, 5) is 13.7. The van der Waals surface area contributed by atoms with E-state index in [0.29, 0.717) is 0 Å². The minimum atomic E-state index is -0.922. The van der Waals surface area contributed by atoms with Crippen molar-refractivity contribution >= 4 is 5.97 Å². The summed E-state index contributed by atoms with van der Waals surface area (Å²) < 4.78 is 1.92. The van der Waals surface area contributed by atoms with E-state index in [1.54, 1.807) is 6.92 Å². The van der Waals surface area contributed by atoms with Crippen LogP contribution in [0.4, 0.5) is 0 Å². The molecule has 4 nitrogen and oxygen atoms in total. The second kappa shape index (κ2) is 3.31. The van der Waals surface area contributed by atoms with Crippen LogP contribution in [0.25, 0.3) is 11.3 Å². The number of aryl methyl sites for hydroxylation is 2. The van der Waals surface area contributed by atoms with Gasteiger partial charge in [-0.25, -0.2) is 4.79 Å². The first-order valence-corrected chi connectivity index (χ1v) is 4.63. The van der Waals surface area contributed by atoms with E-state index in [2.05, 4.69) is 4.98 Å². The molecule has 0 fully saturated rings. The molecule has 0 radical (unpaired) electrons. The summed E-state index contributed by atoms with van der Waals surface area (Å²) in [6.07, 6.45) is 3.86. The first-order chi connectivity index (χ1) is 7.08. The highest BCUT2D eigenvalue weighted by Gasteiger charge is 2.12. The molecule has 0 aliphatic carbocycles. The first kappa shape index (κ1) is 9.58. The number of rotatable bonds is 2. The number of hydrogen-bond acceptors (Lipinski definition) is 1. The van der Waals surface area contributed by atoms with Crippen molar-refractivity contribution in [3.8, 4) is 11.3 Å². The lowest BCUT2D eigenvalue weighted by molar-refractivity contribution is 0.0690. The molecule has 0 unspecified atom stereocenters. The Morgan fingerprint density at radius 2 is 2.27 bits per heavy atom. The lowest BCUT2D eigenvalue weighted by Gasteiger charge is -1.91. The van der Waals surface area contributed by atoms with Gasteiger partial charge < -0.3 is 14.7 Å². The number of nitrogens with one attached hydrogen (secondary N) is 1. The molecule has 2 heterocycles. The Kier molecular flexibility index (Phi) is 2.11. The summed E-state index contributed by atoms with van der Waals surface area (Å²) in [7, 11) is 1.93. The van der Waals surface area contributed by atoms with Crippen LogP contribution in [-0.4, -0.2) is 20.6 Å². The van der Waals surface area contributed by atoms with E-state index in [1.165, 1.54) is 0 Å². The van der Waals surface area contributed by atoms with E-state index in [1.807, 2.05) is 36.1 Å². The molecule has 78 valence electrons. The molecule has 0 saturated carbocycles. The molecular formula is C11H12N2O2. The van der Waals surface area contributed by atoms with Crippen LogP contribution in [0.3, 0.4) is 0 Å². The van der Waals surface area contributed by atoms with E-state index >= 15 is 0 Å². The SMILES string of the molecule is Cc1cc(-c2ccn(C)c2)[nH]c1C(=O)O. The Balaban J connectivity index is 2.46. The van der Waals surface area contributed by atoms with Crippen molar-refractivity contribution in [2.45, 2.75) is 6.92 Å². The Labute approximate surface area is 87.2 Å². The molecule has 0 saturated heterocycles. The van der Waals surface area contributed by atoms with Crippen LogP contribution in [-0.2, 0) is 7.05 Å². The van der Waals surface area contributed by atoms with E-state index < -0.39 is 5.97 Å². The monoisotopic (exact) mass is 204 g/mol. The molecule has 2 aromatic rings. The van der Waals surface area contributed by atoms with Crippen molar-refractivity contribution in [2.75, 3.05) is 0 Å². The summed E-state index contributed by atoms with van der Waals surface area (Å²) in [6.45, 7) is 1.78. The number of aromatic nitrogens is 2. The van der Waals surface area contributed by atoms with Crippen molar-refractivity contribution in [3.63, 3.8) is 0 Å². The van der Waals surface area contributed by atoms with Gasteiger partial charge in [-0.15, -0.1) is 0 Å². The van der Waals surface area contributed by atoms with Gasteiger partial charge in [0.15, 0.2) is 0 Å². The van der Waals surface area contributed by atoms with E-state index in [4.69, 9.17) is 5.11 Å². The standard InChI is InChI=1S/C11H12N2O2/c1-7-5-9(12-10(7)11(14)15)8-3-4-13(2)6-8/h3-6,12H,1-2H3,(H,14,15). The minimum absolute atomic E-state index is 0.258. The van der Waals surface area contributed by atoms with Gasteiger partial charge in [-0.3, -0.25) is 0 Å². The van der Waals surface area contributed by atoms with Crippen LogP contribution in [0, 0.1) is 6.92 Å². The van der Waals surface area contributed by atoms with Crippen LogP contribution >= 0.6 is 0 Å². The third-order valence-corrected chi connectivity index (χ3v) is 2.37. The fraction of sp³-hybridized carbons (Fsp3) is 0.182. The molecule has 0 amide bonds. The van der Waals surface area contributed by atoms with Gasteiger partial charge >= 0.3 is 5.97 Å². The number of H-pyrrole nitrogens is 1. The number of nitrogens with zero attached hydrogens (tertiary/aromatic N) is 1. The van der Waals surface area contributed by atoms with Crippen LogP contribution < -0.4 is 0 Å². The Morgan fingerprint density at radius 3 is 2.73 bits per heavy atom. The van der Waals surface area contributed by atoms with Crippen molar-refractivity contribution < 1.29 is 9.90 Å². The maximum atomic E-state index is 10.8. The number of carboxylic acid groups (broad SMARTS) is 1. The minimum Gasteiger partial charge on any atom is -0.477 e. The highest BCUT2D eigenvalue weighted by Crippen LogP contribution is 2.21. The lowest BCUT2D eigenvalue weighted by Crippen LogP contribution is -1.98. The molecule has 2 rings (SSSR count). The van der Waals surface area contributed by atoms with Crippen molar-refractivity contribution in [1.29, 1.82) is 0 Å². The molecule has 0 aromatic carbocycles. The molecule has 0 aliphatic rings. The maximum Gasteiger partial charge on any atom is 0.352 e. The average molecular weight is 204 g/mol. The van der Waals surface area contributed by atoms with Crippen molar-refractivity contribution in [3.05, 3.63) is 35.8 Å². The molecule has 2 N–H and O–H groups in total. The van der Waals surface area contributed by atoms with Crippen LogP contribution in [0.5, 0.6) is 0 Å². The fourth-order valence-corrected chi connectivity index (χ4v) is 1.60. The summed E-state index contributed by atoms with van der Waals surface area (Å²) in [5, 5.41) is 8.89. The third-order valence-electron chi connectivity index (χ3n) is 2.37. The van der Waals surface area contributed by atoms with E-state index in [-0.39, 0.29) is 5.69 Å². The number of carboxylic acids is 1. The molecule has 0 aliphatic heterocycles. The number of aromatic carboxylic acids is 1. The maximum absolute atomic E-state index is 10.8. The first-order valence-electron chi connectivity index (χ1n) is 4.63. The topological polar surface area (TPSA) is 58.0 Å². The molecule has 0 bridgehead atoms. The van der Waals surface area contributed by atoms with Gasteiger partial charge in [0.05, 0.1) is 0 Å². The summed E-state index contributed by atoms with van der Waals surface area (Å²) >= 11 is 0. The molecular weight excluding hydrogens is 192 g/mol. The molecule has 0 atom stereocenters. The smallest absolute Gasteiger partial charge is 0.352 e. The highest BCUT2D eigenvalue weighted by atomic mass is 16.4. The zero-order valence-corrected chi connectivity index (χ0v) is 8.61. The van der Waals surface area contributed by atoms with Gasteiger partial charge in [0.1, 0.15) is 5.69 Å². The number of carbonyl (C=O) groups is 1. The van der Waals surface area contributed by atoms with Crippen molar-refractivity contribution in [2.24, 2.45) is 7.05 Å². The Hall–Kier alpha value is -1.97.